The van der Waals surface area contributed by atoms with Crippen LogP contribution in [-0.4, -0.2) is 28.2 Å². The molecule has 100 valence electrons. The predicted octanol–water partition coefficient (Wildman–Crippen LogP) is 1.48. The molecule has 2 aromatic rings. The number of anilines is 1. The predicted molar refractivity (Wildman–Crippen MR) is 57.2 cm³/mol. The third-order valence-corrected chi connectivity index (χ3v) is 2.11. The Bertz CT molecular complexity index is 606. The van der Waals surface area contributed by atoms with Crippen molar-refractivity contribution >= 4 is 11.9 Å². The van der Waals surface area contributed by atoms with Crippen molar-refractivity contribution in [1.29, 1.82) is 0 Å². The first-order valence-corrected chi connectivity index (χ1v) is 4.93. The zero-order chi connectivity index (χ0) is 14.0. The van der Waals surface area contributed by atoms with E-state index in [0.717, 1.165) is 0 Å². The second kappa shape index (κ2) is 4.96. The van der Waals surface area contributed by atoms with Crippen molar-refractivity contribution in [1.82, 2.24) is 15.2 Å². The summed E-state index contributed by atoms with van der Waals surface area (Å²) in [6.07, 6.45) is 0. The molecule has 1 aromatic heterocycles. The first-order chi connectivity index (χ1) is 9.01. The summed E-state index contributed by atoms with van der Waals surface area (Å²) in [6, 6.07) is 0.744. The van der Waals surface area contributed by atoms with Gasteiger partial charge in [0.05, 0.1) is 7.11 Å². The number of hydrogen-bond acceptors (Lipinski definition) is 4. The highest BCUT2D eigenvalue weighted by Gasteiger charge is 2.20. The van der Waals surface area contributed by atoms with Gasteiger partial charge in [0.2, 0.25) is 5.95 Å². The van der Waals surface area contributed by atoms with Crippen molar-refractivity contribution in [3.05, 3.63) is 35.1 Å². The Morgan fingerprint density at radius 3 is 2.47 bits per heavy atom. The van der Waals surface area contributed by atoms with Crippen molar-refractivity contribution in [2.75, 3.05) is 12.4 Å². The quantitative estimate of drug-likeness (QED) is 0.887. The molecule has 0 saturated heterocycles. The van der Waals surface area contributed by atoms with Gasteiger partial charge in [-0.15, -0.1) is 5.10 Å². The minimum absolute atomic E-state index is 0.0599. The van der Waals surface area contributed by atoms with E-state index in [-0.39, 0.29) is 12.0 Å². The lowest BCUT2D eigenvalue weighted by Gasteiger charge is -2.04. The molecule has 1 aromatic carbocycles. The van der Waals surface area contributed by atoms with Gasteiger partial charge in [0.1, 0.15) is 23.0 Å². The summed E-state index contributed by atoms with van der Waals surface area (Å²) in [6.45, 7) is 0. The van der Waals surface area contributed by atoms with E-state index in [1.807, 2.05) is 0 Å². The van der Waals surface area contributed by atoms with Crippen molar-refractivity contribution < 1.29 is 22.7 Å². The number of carbonyl (C=O) groups excluding carboxylic acids is 1. The van der Waals surface area contributed by atoms with E-state index < -0.39 is 28.9 Å². The Morgan fingerprint density at radius 1 is 1.32 bits per heavy atom. The van der Waals surface area contributed by atoms with Crippen LogP contribution in [-0.2, 0) is 0 Å². The Hall–Kier alpha value is -2.58. The Kier molecular flexibility index (Phi) is 3.36. The first kappa shape index (κ1) is 12.9. The van der Waals surface area contributed by atoms with E-state index in [2.05, 4.69) is 25.2 Å². The monoisotopic (exact) mass is 272 g/mol. The summed E-state index contributed by atoms with van der Waals surface area (Å²) >= 11 is 0. The van der Waals surface area contributed by atoms with E-state index in [9.17, 15) is 18.0 Å². The summed E-state index contributed by atoms with van der Waals surface area (Å²) in [5, 5.41) is 7.85. The van der Waals surface area contributed by atoms with Crippen molar-refractivity contribution in [2.45, 2.75) is 0 Å². The molecular weight excluding hydrogens is 265 g/mol. The number of nitrogens with one attached hydrogen (secondary N) is 2. The molecule has 2 rings (SSSR count). The molecule has 0 atom stereocenters. The molecule has 0 spiro atoms. The molecule has 0 bridgehead atoms. The van der Waals surface area contributed by atoms with Crippen LogP contribution in [0, 0.1) is 17.5 Å². The molecule has 0 fully saturated rings. The molecule has 0 unspecified atom stereocenters. The highest BCUT2D eigenvalue weighted by molar-refractivity contribution is 6.03. The molecule has 1 heterocycles. The number of H-pyrrole nitrogens is 1. The molecule has 0 radical (unpaired) electrons. The van der Waals surface area contributed by atoms with E-state index >= 15 is 0 Å². The zero-order valence-corrected chi connectivity index (χ0v) is 9.50. The topological polar surface area (TPSA) is 79.9 Å². The maximum absolute atomic E-state index is 13.3. The molecule has 9 heteroatoms. The van der Waals surface area contributed by atoms with Gasteiger partial charge >= 0.3 is 6.01 Å². The largest absolute Gasteiger partial charge is 0.466 e. The number of nitrogens with zero attached hydrogens (tertiary/aromatic N) is 2. The fourth-order valence-corrected chi connectivity index (χ4v) is 1.32. The van der Waals surface area contributed by atoms with Crippen LogP contribution in [0.1, 0.15) is 10.4 Å². The fraction of sp³-hybridized carbons (Fsp3) is 0.100. The standard InChI is InChI=1S/C10H7F3N4O2/c1-19-10-15-9(16-17-10)14-8(18)7-5(12)2-4(11)3-6(7)13/h2-3H,1H3,(H2,14,15,16,17,18). The lowest BCUT2D eigenvalue weighted by molar-refractivity contribution is 0.101. The number of aromatic amines is 1. The van der Waals surface area contributed by atoms with Gasteiger partial charge in [-0.3, -0.25) is 10.1 Å². The molecular formula is C10H7F3N4O2. The van der Waals surface area contributed by atoms with Crippen LogP contribution >= 0.6 is 0 Å². The number of rotatable bonds is 3. The van der Waals surface area contributed by atoms with Gasteiger partial charge in [-0.05, 0) is 0 Å². The van der Waals surface area contributed by atoms with Crippen LogP contribution in [0.4, 0.5) is 19.1 Å². The van der Waals surface area contributed by atoms with Gasteiger partial charge in [0.25, 0.3) is 5.91 Å². The highest BCUT2D eigenvalue weighted by atomic mass is 19.1. The smallest absolute Gasteiger partial charge is 0.336 e. The van der Waals surface area contributed by atoms with Crippen molar-refractivity contribution in [3.8, 4) is 6.01 Å². The second-order valence-electron chi connectivity index (χ2n) is 3.37. The third-order valence-electron chi connectivity index (χ3n) is 2.11. The summed E-state index contributed by atoms with van der Waals surface area (Å²) in [4.78, 5) is 15.3. The Labute approximate surface area is 104 Å². The molecule has 2 N–H and O–H groups in total. The number of methoxy groups -OCH3 is 1. The van der Waals surface area contributed by atoms with Crippen LogP contribution in [0.3, 0.4) is 0 Å². The molecule has 0 aliphatic heterocycles. The lowest BCUT2D eigenvalue weighted by Crippen LogP contribution is -2.17. The molecule has 1 amide bonds. The Balaban J connectivity index is 2.25. The normalized spacial score (nSPS) is 10.3. The van der Waals surface area contributed by atoms with Crippen molar-refractivity contribution in [3.63, 3.8) is 0 Å². The SMILES string of the molecule is COc1n[nH]c(NC(=O)c2c(F)cc(F)cc2F)n1. The van der Waals surface area contributed by atoms with Crippen LogP contribution in [0.15, 0.2) is 12.1 Å². The van der Waals surface area contributed by atoms with E-state index in [0.29, 0.717) is 12.1 Å². The highest BCUT2D eigenvalue weighted by Crippen LogP contribution is 2.16. The lowest BCUT2D eigenvalue weighted by atomic mass is 10.2. The molecule has 19 heavy (non-hydrogen) atoms. The van der Waals surface area contributed by atoms with Crippen LogP contribution in [0.5, 0.6) is 6.01 Å². The van der Waals surface area contributed by atoms with Gasteiger partial charge in [0.15, 0.2) is 0 Å². The van der Waals surface area contributed by atoms with Crippen molar-refractivity contribution in [2.24, 2.45) is 0 Å². The molecule has 6 nitrogen and oxygen atoms in total. The average Bonchev–Trinajstić information content (AvgIpc) is 2.75. The summed E-state index contributed by atoms with van der Waals surface area (Å²) in [5.41, 5.74) is -0.920. The van der Waals surface area contributed by atoms with Crippen LogP contribution in [0.2, 0.25) is 0 Å². The number of benzene rings is 1. The minimum Gasteiger partial charge on any atom is -0.466 e. The molecule has 0 saturated carbocycles. The summed E-state index contributed by atoms with van der Waals surface area (Å²) < 4.78 is 44.0. The summed E-state index contributed by atoms with van der Waals surface area (Å²) in [7, 11) is 1.30. The van der Waals surface area contributed by atoms with Gasteiger partial charge < -0.3 is 4.74 Å². The maximum Gasteiger partial charge on any atom is 0.336 e. The number of aromatic nitrogens is 3. The second-order valence-corrected chi connectivity index (χ2v) is 3.37. The number of hydrogen-bond donors (Lipinski definition) is 2. The number of halogens is 3. The molecule has 0 aliphatic carbocycles. The average molecular weight is 272 g/mol. The first-order valence-electron chi connectivity index (χ1n) is 4.93. The number of ether oxygens (including phenoxy) is 1. The van der Waals surface area contributed by atoms with Gasteiger partial charge in [0, 0.05) is 12.1 Å². The van der Waals surface area contributed by atoms with E-state index in [1.54, 1.807) is 0 Å². The zero-order valence-electron chi connectivity index (χ0n) is 9.50. The minimum atomic E-state index is -1.32. The van der Waals surface area contributed by atoms with Gasteiger partial charge in [-0.25, -0.2) is 18.3 Å². The molecule has 0 aliphatic rings. The van der Waals surface area contributed by atoms with E-state index in [1.165, 1.54) is 7.11 Å². The van der Waals surface area contributed by atoms with Gasteiger partial charge in [-0.2, -0.15) is 4.98 Å². The fourth-order valence-electron chi connectivity index (χ4n) is 1.32. The number of carbonyl (C=O) groups is 1. The third kappa shape index (κ3) is 2.64. The van der Waals surface area contributed by atoms with Gasteiger partial charge in [-0.1, -0.05) is 0 Å². The van der Waals surface area contributed by atoms with E-state index in [4.69, 9.17) is 0 Å². The maximum atomic E-state index is 13.3. The Morgan fingerprint density at radius 2 is 1.95 bits per heavy atom. The van der Waals surface area contributed by atoms with Crippen LogP contribution < -0.4 is 10.1 Å². The summed E-state index contributed by atoms with van der Waals surface area (Å²) in [5.74, 6) is -5.05. The van der Waals surface area contributed by atoms with Crippen LogP contribution in [0.25, 0.3) is 0 Å². The number of amides is 1.